The number of rotatable bonds is 3. The van der Waals surface area contributed by atoms with Gasteiger partial charge in [-0.2, -0.15) is 0 Å². The normalized spacial score (nSPS) is 21.7. The van der Waals surface area contributed by atoms with Crippen LogP contribution in [-0.2, 0) is 6.54 Å². The van der Waals surface area contributed by atoms with E-state index in [2.05, 4.69) is 20.8 Å². The fraction of sp³-hybridized carbons (Fsp3) is 0.538. The highest BCUT2D eigenvalue weighted by Gasteiger charge is 2.18. The maximum absolute atomic E-state index is 13.3. The van der Waals surface area contributed by atoms with Crippen molar-refractivity contribution in [1.82, 2.24) is 4.90 Å². The van der Waals surface area contributed by atoms with Crippen LogP contribution in [0, 0.1) is 11.7 Å². The van der Waals surface area contributed by atoms with E-state index in [1.807, 2.05) is 6.07 Å². The average Bonchev–Trinajstić information content (AvgIpc) is 2.28. The van der Waals surface area contributed by atoms with Gasteiger partial charge >= 0.3 is 0 Å². The SMILES string of the molecule is NCC1CCCN(Cc2cc(F)cc(Br)c2)C1. The molecule has 1 aromatic rings. The molecule has 1 aromatic carbocycles. The van der Waals surface area contributed by atoms with Crippen LogP contribution in [0.4, 0.5) is 4.39 Å². The smallest absolute Gasteiger partial charge is 0.124 e. The zero-order chi connectivity index (χ0) is 12.3. The van der Waals surface area contributed by atoms with Gasteiger partial charge in [0, 0.05) is 17.6 Å². The predicted molar refractivity (Wildman–Crippen MR) is 71.2 cm³/mol. The van der Waals surface area contributed by atoms with Gasteiger partial charge in [0.2, 0.25) is 0 Å². The highest BCUT2D eigenvalue weighted by atomic mass is 79.9. The van der Waals surface area contributed by atoms with Gasteiger partial charge in [-0.3, -0.25) is 4.90 Å². The Hall–Kier alpha value is -0.450. The maximum atomic E-state index is 13.3. The van der Waals surface area contributed by atoms with Crippen molar-refractivity contribution in [2.24, 2.45) is 11.7 Å². The number of piperidine rings is 1. The molecule has 1 saturated heterocycles. The lowest BCUT2D eigenvalue weighted by atomic mass is 9.98. The molecule has 1 unspecified atom stereocenters. The van der Waals surface area contributed by atoms with Crippen LogP contribution in [0.5, 0.6) is 0 Å². The van der Waals surface area contributed by atoms with E-state index in [9.17, 15) is 4.39 Å². The van der Waals surface area contributed by atoms with Crippen molar-refractivity contribution in [2.75, 3.05) is 19.6 Å². The van der Waals surface area contributed by atoms with Crippen LogP contribution in [0.15, 0.2) is 22.7 Å². The molecule has 0 bridgehead atoms. The Kier molecular flexibility index (Phi) is 4.54. The fourth-order valence-electron chi connectivity index (χ4n) is 2.45. The van der Waals surface area contributed by atoms with Crippen molar-refractivity contribution < 1.29 is 4.39 Å². The lowest BCUT2D eigenvalue weighted by molar-refractivity contribution is 0.171. The third-order valence-corrected chi connectivity index (χ3v) is 3.72. The molecule has 2 rings (SSSR count). The molecule has 94 valence electrons. The Balaban J connectivity index is 2.00. The first kappa shape index (κ1) is 13.0. The Morgan fingerprint density at radius 1 is 1.41 bits per heavy atom. The zero-order valence-electron chi connectivity index (χ0n) is 9.83. The third kappa shape index (κ3) is 3.76. The van der Waals surface area contributed by atoms with Gasteiger partial charge in [-0.25, -0.2) is 4.39 Å². The highest BCUT2D eigenvalue weighted by molar-refractivity contribution is 9.10. The van der Waals surface area contributed by atoms with Crippen molar-refractivity contribution >= 4 is 15.9 Å². The second-order valence-electron chi connectivity index (χ2n) is 4.76. The van der Waals surface area contributed by atoms with Crippen LogP contribution in [0.3, 0.4) is 0 Å². The van der Waals surface area contributed by atoms with E-state index >= 15 is 0 Å². The van der Waals surface area contributed by atoms with Crippen LogP contribution in [0.25, 0.3) is 0 Å². The molecule has 0 saturated carbocycles. The summed E-state index contributed by atoms with van der Waals surface area (Å²) in [4.78, 5) is 2.36. The first-order valence-corrected chi connectivity index (χ1v) is 6.84. The van der Waals surface area contributed by atoms with Crippen LogP contribution in [-0.4, -0.2) is 24.5 Å². The predicted octanol–water partition coefficient (Wildman–Crippen LogP) is 2.76. The van der Waals surface area contributed by atoms with Gasteiger partial charge < -0.3 is 5.73 Å². The number of nitrogens with zero attached hydrogens (tertiary/aromatic N) is 1. The summed E-state index contributed by atoms with van der Waals surface area (Å²) in [5.74, 6) is 0.419. The van der Waals surface area contributed by atoms with Crippen LogP contribution >= 0.6 is 15.9 Å². The lowest BCUT2D eigenvalue weighted by Crippen LogP contribution is -2.37. The quantitative estimate of drug-likeness (QED) is 0.930. The summed E-state index contributed by atoms with van der Waals surface area (Å²) in [5.41, 5.74) is 6.74. The number of halogens is 2. The molecule has 1 aliphatic heterocycles. The first-order chi connectivity index (χ1) is 8.17. The molecule has 1 heterocycles. The summed E-state index contributed by atoms with van der Waals surface area (Å²) in [6.07, 6.45) is 2.41. The first-order valence-electron chi connectivity index (χ1n) is 6.05. The molecule has 1 fully saturated rings. The number of benzene rings is 1. The second-order valence-corrected chi connectivity index (χ2v) is 5.67. The van der Waals surface area contributed by atoms with E-state index in [1.165, 1.54) is 18.9 Å². The summed E-state index contributed by atoms with van der Waals surface area (Å²) in [6, 6.07) is 5.08. The zero-order valence-corrected chi connectivity index (χ0v) is 11.4. The van der Waals surface area contributed by atoms with Gasteiger partial charge in [0.15, 0.2) is 0 Å². The van der Waals surface area contributed by atoms with Crippen molar-refractivity contribution in [3.05, 3.63) is 34.1 Å². The van der Waals surface area contributed by atoms with E-state index in [0.717, 1.165) is 36.2 Å². The van der Waals surface area contributed by atoms with Gasteiger partial charge in [0.05, 0.1) is 0 Å². The molecule has 2 nitrogen and oxygen atoms in total. The minimum absolute atomic E-state index is 0.179. The molecule has 2 N–H and O–H groups in total. The van der Waals surface area contributed by atoms with Crippen LogP contribution in [0.2, 0.25) is 0 Å². The Labute approximate surface area is 110 Å². The third-order valence-electron chi connectivity index (χ3n) is 3.26. The van der Waals surface area contributed by atoms with E-state index in [0.29, 0.717) is 5.92 Å². The highest BCUT2D eigenvalue weighted by Crippen LogP contribution is 2.20. The largest absolute Gasteiger partial charge is 0.330 e. The Morgan fingerprint density at radius 3 is 2.94 bits per heavy atom. The number of likely N-dealkylation sites (tertiary alicyclic amines) is 1. The molecule has 1 atom stereocenters. The minimum Gasteiger partial charge on any atom is -0.330 e. The monoisotopic (exact) mass is 300 g/mol. The topological polar surface area (TPSA) is 29.3 Å². The van der Waals surface area contributed by atoms with Crippen molar-refractivity contribution in [2.45, 2.75) is 19.4 Å². The molecule has 0 amide bonds. The van der Waals surface area contributed by atoms with E-state index in [1.54, 1.807) is 6.07 Å². The van der Waals surface area contributed by atoms with Gasteiger partial charge in [-0.15, -0.1) is 0 Å². The second kappa shape index (κ2) is 5.94. The molecular formula is C13H18BrFN2. The maximum Gasteiger partial charge on any atom is 0.124 e. The van der Waals surface area contributed by atoms with E-state index in [4.69, 9.17) is 5.73 Å². The summed E-state index contributed by atoms with van der Waals surface area (Å²) in [5, 5.41) is 0. The molecule has 4 heteroatoms. The standard InChI is InChI=1S/C13H18BrFN2/c14-12-4-11(5-13(15)6-12)9-17-3-1-2-10(7-16)8-17/h4-6,10H,1-3,7-9,16H2. The average molecular weight is 301 g/mol. The fourth-order valence-corrected chi connectivity index (χ4v) is 2.96. The number of hydrogen-bond donors (Lipinski definition) is 1. The Bertz CT molecular complexity index is 363. The molecule has 0 aromatic heterocycles. The number of nitrogens with two attached hydrogens (primary N) is 1. The van der Waals surface area contributed by atoms with Gasteiger partial charge in [-0.1, -0.05) is 15.9 Å². The van der Waals surface area contributed by atoms with Crippen molar-refractivity contribution in [3.63, 3.8) is 0 Å². The van der Waals surface area contributed by atoms with E-state index in [-0.39, 0.29) is 5.82 Å². The lowest BCUT2D eigenvalue weighted by Gasteiger charge is -2.32. The molecule has 17 heavy (non-hydrogen) atoms. The Morgan fingerprint density at radius 2 is 2.24 bits per heavy atom. The summed E-state index contributed by atoms with van der Waals surface area (Å²) >= 11 is 3.32. The van der Waals surface area contributed by atoms with Crippen molar-refractivity contribution in [3.8, 4) is 0 Å². The van der Waals surface area contributed by atoms with Gasteiger partial charge in [0.1, 0.15) is 5.82 Å². The molecule has 0 radical (unpaired) electrons. The molecule has 0 aliphatic carbocycles. The summed E-state index contributed by atoms with van der Waals surface area (Å²) in [7, 11) is 0. The molecular weight excluding hydrogens is 283 g/mol. The van der Waals surface area contributed by atoms with Gasteiger partial charge in [0.25, 0.3) is 0 Å². The van der Waals surface area contributed by atoms with Crippen LogP contribution < -0.4 is 5.73 Å². The molecule has 0 spiro atoms. The van der Waals surface area contributed by atoms with Crippen LogP contribution in [0.1, 0.15) is 18.4 Å². The summed E-state index contributed by atoms with van der Waals surface area (Å²) < 4.78 is 14.1. The van der Waals surface area contributed by atoms with E-state index < -0.39 is 0 Å². The summed E-state index contributed by atoms with van der Waals surface area (Å²) in [6.45, 7) is 3.69. The van der Waals surface area contributed by atoms with Crippen molar-refractivity contribution in [1.29, 1.82) is 0 Å². The molecule has 1 aliphatic rings. The minimum atomic E-state index is -0.179. The van der Waals surface area contributed by atoms with Gasteiger partial charge in [-0.05, 0) is 55.6 Å². The number of hydrogen-bond acceptors (Lipinski definition) is 2.